The third-order valence-corrected chi connectivity index (χ3v) is 6.99. The number of amides is 2. The highest BCUT2D eigenvalue weighted by atomic mass is 32.2. The molecule has 0 aliphatic carbocycles. The van der Waals surface area contributed by atoms with E-state index in [1.165, 1.54) is 30.1 Å². The fourth-order valence-electron chi connectivity index (χ4n) is 2.53. The molecule has 0 spiro atoms. The number of carbonyl (C=O) groups excluding carboxylic acids is 1. The number of hydrogen-bond acceptors (Lipinski definition) is 5. The monoisotopic (exact) mass is 375 g/mol. The fraction of sp³-hybridized carbons (Fsp3) is 0.500. The molecule has 0 aromatic heterocycles. The molecule has 1 heterocycles. The molecule has 0 radical (unpaired) electrons. The highest BCUT2D eigenvalue weighted by Gasteiger charge is 2.27. The first-order valence-electron chi connectivity index (χ1n) is 7.43. The van der Waals surface area contributed by atoms with Gasteiger partial charge in [-0.1, -0.05) is 13.0 Å². The number of hydrogen-bond donors (Lipinski definition) is 2. The van der Waals surface area contributed by atoms with Gasteiger partial charge in [-0.15, -0.1) is 0 Å². The van der Waals surface area contributed by atoms with Crippen LogP contribution in [0.25, 0.3) is 0 Å². The lowest BCUT2D eigenvalue weighted by Gasteiger charge is -2.22. The molecule has 1 aliphatic heterocycles. The minimum Gasteiger partial charge on any atom is -0.323 e. The third kappa shape index (κ3) is 4.68. The van der Waals surface area contributed by atoms with E-state index in [4.69, 9.17) is 0 Å². The van der Waals surface area contributed by atoms with Crippen LogP contribution in [0.3, 0.4) is 0 Å². The van der Waals surface area contributed by atoms with Crippen molar-refractivity contribution >= 4 is 31.6 Å². The molecule has 1 atom stereocenters. The van der Waals surface area contributed by atoms with Crippen molar-refractivity contribution in [2.75, 3.05) is 37.0 Å². The fourth-order valence-corrected chi connectivity index (χ4v) is 4.95. The molecule has 0 saturated carbocycles. The first-order chi connectivity index (χ1) is 11.1. The van der Waals surface area contributed by atoms with E-state index >= 15 is 0 Å². The molecule has 134 valence electrons. The van der Waals surface area contributed by atoms with E-state index in [1.807, 2.05) is 0 Å². The predicted molar refractivity (Wildman–Crippen MR) is 91.1 cm³/mol. The first-order valence-corrected chi connectivity index (χ1v) is 10.7. The van der Waals surface area contributed by atoms with Gasteiger partial charge in [0.15, 0.2) is 9.84 Å². The maximum Gasteiger partial charge on any atom is 0.321 e. The molecule has 10 heteroatoms. The number of nitrogens with one attached hydrogen (secondary N) is 2. The lowest BCUT2D eigenvalue weighted by atomic mass is 10.2. The lowest BCUT2D eigenvalue weighted by Crippen LogP contribution is -2.38. The van der Waals surface area contributed by atoms with Crippen molar-refractivity contribution in [3.05, 3.63) is 24.3 Å². The van der Waals surface area contributed by atoms with Gasteiger partial charge in [0.05, 0.1) is 16.4 Å². The Hall–Kier alpha value is -1.65. The van der Waals surface area contributed by atoms with Crippen molar-refractivity contribution in [3.8, 4) is 0 Å². The van der Waals surface area contributed by atoms with Crippen LogP contribution < -0.4 is 10.0 Å². The van der Waals surface area contributed by atoms with Gasteiger partial charge in [-0.05, 0) is 31.2 Å². The number of anilines is 1. The number of benzene rings is 1. The van der Waals surface area contributed by atoms with Crippen molar-refractivity contribution in [2.24, 2.45) is 5.92 Å². The minimum absolute atomic E-state index is 0.0367. The molecular formula is C14H21N3O5S2. The molecule has 0 bridgehead atoms. The van der Waals surface area contributed by atoms with Gasteiger partial charge in [0.2, 0.25) is 10.0 Å². The summed E-state index contributed by atoms with van der Waals surface area (Å²) >= 11 is 0. The van der Waals surface area contributed by atoms with Crippen LogP contribution >= 0.6 is 0 Å². The van der Waals surface area contributed by atoms with Crippen molar-refractivity contribution in [1.29, 1.82) is 0 Å². The van der Waals surface area contributed by atoms with E-state index in [9.17, 15) is 21.6 Å². The number of nitrogens with zero attached hydrogens (tertiary/aromatic N) is 1. The summed E-state index contributed by atoms with van der Waals surface area (Å²) in [5.74, 6) is -0.162. The smallest absolute Gasteiger partial charge is 0.321 e. The van der Waals surface area contributed by atoms with Crippen molar-refractivity contribution in [2.45, 2.75) is 11.8 Å². The Bertz CT molecular complexity index is 821. The standard InChI is InChI=1S/C14H21N3O5S2/c1-11-9-17(6-7-23(19,20)10-11)14(18)16-12-4-3-5-13(8-12)24(21,22)15-2/h3-5,8,11,15H,6-7,9-10H2,1-2H3,(H,16,18). The predicted octanol–water partition coefficient (Wildman–Crippen LogP) is 0.493. The zero-order valence-corrected chi connectivity index (χ0v) is 15.2. The summed E-state index contributed by atoms with van der Waals surface area (Å²) in [4.78, 5) is 13.8. The van der Waals surface area contributed by atoms with Gasteiger partial charge in [0.25, 0.3) is 0 Å². The molecular weight excluding hydrogens is 354 g/mol. The molecule has 1 fully saturated rings. The van der Waals surface area contributed by atoms with Crippen LogP contribution in [-0.4, -0.2) is 59.4 Å². The summed E-state index contributed by atoms with van der Waals surface area (Å²) in [5, 5.41) is 2.62. The van der Waals surface area contributed by atoms with Crippen LogP contribution in [0.1, 0.15) is 6.92 Å². The summed E-state index contributed by atoms with van der Waals surface area (Å²) < 4.78 is 49.3. The van der Waals surface area contributed by atoms with Crippen molar-refractivity contribution < 1.29 is 21.6 Å². The molecule has 1 aliphatic rings. The van der Waals surface area contributed by atoms with Gasteiger partial charge in [-0.3, -0.25) is 0 Å². The quantitative estimate of drug-likeness (QED) is 0.798. The average Bonchev–Trinajstić information content (AvgIpc) is 2.64. The number of carbonyl (C=O) groups is 1. The summed E-state index contributed by atoms with van der Waals surface area (Å²) in [6.07, 6.45) is 0. The van der Waals surface area contributed by atoms with Crippen LogP contribution in [0.15, 0.2) is 29.2 Å². The van der Waals surface area contributed by atoms with E-state index < -0.39 is 25.9 Å². The Balaban J connectivity index is 2.14. The average molecular weight is 375 g/mol. The van der Waals surface area contributed by atoms with E-state index in [0.29, 0.717) is 12.2 Å². The maximum atomic E-state index is 12.4. The Morgan fingerprint density at radius 1 is 1.33 bits per heavy atom. The molecule has 8 nitrogen and oxygen atoms in total. The van der Waals surface area contributed by atoms with Gasteiger partial charge in [-0.25, -0.2) is 26.4 Å². The molecule has 1 saturated heterocycles. The van der Waals surface area contributed by atoms with E-state index in [-0.39, 0.29) is 28.9 Å². The van der Waals surface area contributed by atoms with Gasteiger partial charge in [0, 0.05) is 18.8 Å². The van der Waals surface area contributed by atoms with Crippen LogP contribution in [0.5, 0.6) is 0 Å². The maximum absolute atomic E-state index is 12.4. The zero-order valence-electron chi connectivity index (χ0n) is 13.5. The van der Waals surface area contributed by atoms with Crippen LogP contribution in [-0.2, 0) is 19.9 Å². The molecule has 24 heavy (non-hydrogen) atoms. The molecule has 1 aromatic rings. The SMILES string of the molecule is CNS(=O)(=O)c1cccc(NC(=O)N2CCS(=O)(=O)CC(C)C2)c1. The summed E-state index contributed by atoms with van der Waals surface area (Å²) in [6, 6.07) is 5.42. The van der Waals surface area contributed by atoms with E-state index in [1.54, 1.807) is 13.0 Å². The lowest BCUT2D eigenvalue weighted by molar-refractivity contribution is 0.210. The highest BCUT2D eigenvalue weighted by molar-refractivity contribution is 7.91. The first kappa shape index (κ1) is 18.7. The van der Waals surface area contributed by atoms with Crippen molar-refractivity contribution in [3.63, 3.8) is 0 Å². The summed E-state index contributed by atoms with van der Waals surface area (Å²) in [7, 11) is -5.45. The molecule has 1 aromatic carbocycles. The molecule has 2 rings (SSSR count). The second kappa shape index (κ2) is 7.08. The van der Waals surface area contributed by atoms with Gasteiger partial charge in [0.1, 0.15) is 0 Å². The van der Waals surface area contributed by atoms with Crippen LogP contribution in [0.2, 0.25) is 0 Å². The largest absolute Gasteiger partial charge is 0.323 e. The zero-order chi connectivity index (χ0) is 18.0. The molecule has 2 N–H and O–H groups in total. The van der Waals surface area contributed by atoms with Crippen LogP contribution in [0.4, 0.5) is 10.5 Å². The second-order valence-corrected chi connectivity index (χ2v) is 9.95. The Labute approximate surface area is 142 Å². The van der Waals surface area contributed by atoms with E-state index in [2.05, 4.69) is 10.0 Å². The molecule has 2 amide bonds. The Kier molecular flexibility index (Phi) is 5.51. The normalized spacial score (nSPS) is 21.1. The minimum atomic E-state index is -3.61. The van der Waals surface area contributed by atoms with E-state index in [0.717, 1.165) is 0 Å². The Morgan fingerprint density at radius 3 is 2.71 bits per heavy atom. The number of urea groups is 1. The Morgan fingerprint density at radius 2 is 2.04 bits per heavy atom. The summed E-state index contributed by atoms with van der Waals surface area (Å²) in [5.41, 5.74) is 0.330. The topological polar surface area (TPSA) is 113 Å². The number of sulfone groups is 1. The van der Waals surface area contributed by atoms with Gasteiger partial charge in [-0.2, -0.15) is 0 Å². The highest BCUT2D eigenvalue weighted by Crippen LogP contribution is 2.17. The number of sulfonamides is 1. The molecule has 1 unspecified atom stereocenters. The van der Waals surface area contributed by atoms with Gasteiger partial charge >= 0.3 is 6.03 Å². The summed E-state index contributed by atoms with van der Waals surface area (Å²) in [6.45, 7) is 2.23. The van der Waals surface area contributed by atoms with Crippen LogP contribution in [0, 0.1) is 5.92 Å². The number of rotatable bonds is 3. The van der Waals surface area contributed by atoms with Crippen molar-refractivity contribution in [1.82, 2.24) is 9.62 Å². The van der Waals surface area contributed by atoms with Gasteiger partial charge < -0.3 is 10.2 Å². The second-order valence-electron chi connectivity index (χ2n) is 5.83. The third-order valence-electron chi connectivity index (χ3n) is 3.69.